The standard InChI is InChI=1S/C22H28N2O/c25-22(14-8-7-11-20-9-3-1-4-10-20)24-17-15-23(16-18-24)19-21-12-5-2-6-13-21/h1-6,9-10,12-13H,7-8,11,14-19H2. The monoisotopic (exact) mass is 336 g/mol. The largest absolute Gasteiger partial charge is 0.340 e. The number of hydrogen-bond donors (Lipinski definition) is 0. The zero-order valence-corrected chi connectivity index (χ0v) is 14.9. The molecular formula is C22H28N2O. The average Bonchev–Trinajstić information content (AvgIpc) is 2.67. The maximum Gasteiger partial charge on any atom is 0.222 e. The topological polar surface area (TPSA) is 23.6 Å². The van der Waals surface area contributed by atoms with Gasteiger partial charge in [-0.25, -0.2) is 0 Å². The van der Waals surface area contributed by atoms with Crippen LogP contribution >= 0.6 is 0 Å². The van der Waals surface area contributed by atoms with Gasteiger partial charge in [0, 0.05) is 39.1 Å². The first-order valence-electron chi connectivity index (χ1n) is 9.39. The van der Waals surface area contributed by atoms with Crippen molar-refractivity contribution in [2.45, 2.75) is 32.2 Å². The Balaban J connectivity index is 1.33. The molecule has 2 aromatic carbocycles. The van der Waals surface area contributed by atoms with E-state index in [2.05, 4.69) is 59.5 Å². The Bertz CT molecular complexity index is 634. The minimum absolute atomic E-state index is 0.326. The predicted octanol–water partition coefficient (Wildman–Crippen LogP) is 3.74. The molecule has 25 heavy (non-hydrogen) atoms. The van der Waals surface area contributed by atoms with E-state index >= 15 is 0 Å². The van der Waals surface area contributed by atoms with Gasteiger partial charge in [-0.2, -0.15) is 0 Å². The fourth-order valence-electron chi connectivity index (χ4n) is 3.41. The van der Waals surface area contributed by atoms with Crippen molar-refractivity contribution < 1.29 is 4.79 Å². The molecule has 0 saturated carbocycles. The molecule has 1 aliphatic heterocycles. The van der Waals surface area contributed by atoms with Gasteiger partial charge >= 0.3 is 0 Å². The fourth-order valence-corrected chi connectivity index (χ4v) is 3.41. The van der Waals surface area contributed by atoms with Crippen molar-refractivity contribution in [3.8, 4) is 0 Å². The highest BCUT2D eigenvalue weighted by Gasteiger charge is 2.20. The first kappa shape index (κ1) is 17.7. The van der Waals surface area contributed by atoms with Crippen LogP contribution in [0.1, 0.15) is 30.4 Å². The second-order valence-electron chi connectivity index (χ2n) is 6.84. The lowest BCUT2D eigenvalue weighted by molar-refractivity contribution is -0.133. The van der Waals surface area contributed by atoms with Gasteiger partial charge in [0.2, 0.25) is 5.91 Å². The minimum atomic E-state index is 0.326. The van der Waals surface area contributed by atoms with Gasteiger partial charge < -0.3 is 4.90 Å². The van der Waals surface area contributed by atoms with E-state index in [1.807, 2.05) is 11.0 Å². The maximum atomic E-state index is 12.4. The van der Waals surface area contributed by atoms with Gasteiger partial charge in [0.25, 0.3) is 0 Å². The summed E-state index contributed by atoms with van der Waals surface area (Å²) in [6, 6.07) is 21.1. The Morgan fingerprint density at radius 1 is 0.760 bits per heavy atom. The SMILES string of the molecule is O=C(CCCCc1ccccc1)N1CCN(Cc2ccccc2)CC1. The van der Waals surface area contributed by atoms with Gasteiger partial charge in [0.1, 0.15) is 0 Å². The molecule has 2 aromatic rings. The van der Waals surface area contributed by atoms with Crippen LogP contribution in [0.5, 0.6) is 0 Å². The van der Waals surface area contributed by atoms with Gasteiger partial charge in [0.15, 0.2) is 0 Å². The van der Waals surface area contributed by atoms with E-state index in [9.17, 15) is 4.79 Å². The van der Waals surface area contributed by atoms with Crippen molar-refractivity contribution in [1.29, 1.82) is 0 Å². The molecule has 0 N–H and O–H groups in total. The highest BCUT2D eigenvalue weighted by Crippen LogP contribution is 2.11. The van der Waals surface area contributed by atoms with E-state index in [0.29, 0.717) is 12.3 Å². The molecule has 1 saturated heterocycles. The molecule has 1 amide bonds. The quantitative estimate of drug-likeness (QED) is 0.719. The number of piperazine rings is 1. The number of benzene rings is 2. The number of unbranched alkanes of at least 4 members (excludes halogenated alkanes) is 1. The molecule has 0 atom stereocenters. The van der Waals surface area contributed by atoms with Crippen LogP contribution < -0.4 is 0 Å². The smallest absolute Gasteiger partial charge is 0.222 e. The van der Waals surface area contributed by atoms with E-state index in [-0.39, 0.29) is 0 Å². The number of rotatable bonds is 7. The van der Waals surface area contributed by atoms with E-state index < -0.39 is 0 Å². The summed E-state index contributed by atoms with van der Waals surface area (Å²) >= 11 is 0. The van der Waals surface area contributed by atoms with Crippen molar-refractivity contribution in [2.24, 2.45) is 0 Å². The summed E-state index contributed by atoms with van der Waals surface area (Å²) in [6.45, 7) is 4.67. The van der Waals surface area contributed by atoms with Crippen LogP contribution in [0, 0.1) is 0 Å². The molecule has 3 rings (SSSR count). The minimum Gasteiger partial charge on any atom is -0.340 e. The van der Waals surface area contributed by atoms with Crippen molar-refractivity contribution in [3.63, 3.8) is 0 Å². The molecule has 1 fully saturated rings. The van der Waals surface area contributed by atoms with Crippen molar-refractivity contribution >= 4 is 5.91 Å². The molecule has 0 aliphatic carbocycles. The molecule has 0 aromatic heterocycles. The summed E-state index contributed by atoms with van der Waals surface area (Å²) in [4.78, 5) is 16.9. The first-order chi connectivity index (χ1) is 12.3. The average molecular weight is 336 g/mol. The van der Waals surface area contributed by atoms with E-state index in [1.54, 1.807) is 0 Å². The second-order valence-corrected chi connectivity index (χ2v) is 6.84. The number of amides is 1. The molecule has 3 heteroatoms. The third kappa shape index (κ3) is 5.71. The number of carbonyl (C=O) groups is 1. The Morgan fingerprint density at radius 2 is 1.36 bits per heavy atom. The van der Waals surface area contributed by atoms with Crippen molar-refractivity contribution in [2.75, 3.05) is 26.2 Å². The van der Waals surface area contributed by atoms with Gasteiger partial charge in [-0.15, -0.1) is 0 Å². The highest BCUT2D eigenvalue weighted by atomic mass is 16.2. The number of aryl methyl sites for hydroxylation is 1. The number of carbonyl (C=O) groups excluding carboxylic acids is 1. The zero-order chi connectivity index (χ0) is 17.3. The van der Waals surface area contributed by atoms with Gasteiger partial charge in [-0.05, 0) is 30.4 Å². The molecule has 132 valence electrons. The third-order valence-corrected chi connectivity index (χ3v) is 4.92. The van der Waals surface area contributed by atoms with Gasteiger partial charge in [0.05, 0.1) is 0 Å². The third-order valence-electron chi connectivity index (χ3n) is 4.92. The lowest BCUT2D eigenvalue weighted by atomic mass is 10.1. The van der Waals surface area contributed by atoms with Crippen molar-refractivity contribution in [3.05, 3.63) is 71.8 Å². The Morgan fingerprint density at radius 3 is 2.00 bits per heavy atom. The fraction of sp³-hybridized carbons (Fsp3) is 0.409. The van der Waals surface area contributed by atoms with Gasteiger partial charge in [-0.3, -0.25) is 9.69 Å². The lowest BCUT2D eigenvalue weighted by Crippen LogP contribution is -2.48. The molecule has 3 nitrogen and oxygen atoms in total. The predicted molar refractivity (Wildman–Crippen MR) is 102 cm³/mol. The van der Waals surface area contributed by atoms with Gasteiger partial charge in [-0.1, -0.05) is 60.7 Å². The van der Waals surface area contributed by atoms with Crippen LogP contribution in [0.25, 0.3) is 0 Å². The Hall–Kier alpha value is -2.13. The van der Waals surface area contributed by atoms with E-state index in [0.717, 1.165) is 52.0 Å². The summed E-state index contributed by atoms with van der Waals surface area (Å²) < 4.78 is 0. The Kier molecular flexibility index (Phi) is 6.63. The van der Waals surface area contributed by atoms with Crippen LogP contribution in [-0.2, 0) is 17.8 Å². The molecule has 0 spiro atoms. The molecular weight excluding hydrogens is 308 g/mol. The van der Waals surface area contributed by atoms with E-state index in [4.69, 9.17) is 0 Å². The Labute approximate surface area is 151 Å². The van der Waals surface area contributed by atoms with Crippen LogP contribution in [-0.4, -0.2) is 41.9 Å². The summed E-state index contributed by atoms with van der Waals surface area (Å²) in [6.07, 6.45) is 3.83. The normalized spacial score (nSPS) is 15.3. The van der Waals surface area contributed by atoms with E-state index in [1.165, 1.54) is 11.1 Å². The highest BCUT2D eigenvalue weighted by molar-refractivity contribution is 5.76. The molecule has 1 aliphatic rings. The van der Waals surface area contributed by atoms with Crippen LogP contribution in [0.2, 0.25) is 0 Å². The van der Waals surface area contributed by atoms with Crippen molar-refractivity contribution in [1.82, 2.24) is 9.80 Å². The zero-order valence-electron chi connectivity index (χ0n) is 14.9. The van der Waals surface area contributed by atoms with Crippen LogP contribution in [0.3, 0.4) is 0 Å². The first-order valence-corrected chi connectivity index (χ1v) is 9.39. The second kappa shape index (κ2) is 9.38. The van der Waals surface area contributed by atoms with Crippen LogP contribution in [0.15, 0.2) is 60.7 Å². The molecule has 1 heterocycles. The lowest BCUT2D eigenvalue weighted by Gasteiger charge is -2.34. The molecule has 0 bridgehead atoms. The van der Waals surface area contributed by atoms with Crippen LogP contribution in [0.4, 0.5) is 0 Å². The number of nitrogens with zero attached hydrogens (tertiary/aromatic N) is 2. The summed E-state index contributed by atoms with van der Waals surface area (Å²) in [5.41, 5.74) is 2.72. The molecule has 0 unspecified atom stereocenters. The maximum absolute atomic E-state index is 12.4. The number of hydrogen-bond acceptors (Lipinski definition) is 2. The molecule has 0 radical (unpaired) electrons. The summed E-state index contributed by atoms with van der Waals surface area (Å²) in [7, 11) is 0. The summed E-state index contributed by atoms with van der Waals surface area (Å²) in [5, 5.41) is 0. The summed E-state index contributed by atoms with van der Waals surface area (Å²) in [5.74, 6) is 0.326.